The van der Waals surface area contributed by atoms with Gasteiger partial charge in [-0.3, -0.25) is 0 Å². The molecule has 5 nitrogen and oxygen atoms in total. The summed E-state index contributed by atoms with van der Waals surface area (Å²) in [4.78, 5) is 9.87. The van der Waals surface area contributed by atoms with Crippen LogP contribution in [0.5, 0.6) is 0 Å². The van der Waals surface area contributed by atoms with Crippen LogP contribution in [0.3, 0.4) is 0 Å². The van der Waals surface area contributed by atoms with E-state index >= 15 is 0 Å². The van der Waals surface area contributed by atoms with E-state index in [0.29, 0.717) is 5.95 Å². The third kappa shape index (κ3) is 2.76. The molecule has 0 saturated heterocycles. The zero-order chi connectivity index (χ0) is 12.4. The molecule has 0 bridgehead atoms. The molecule has 0 aliphatic rings. The molecule has 0 aromatic carbocycles. The quantitative estimate of drug-likeness (QED) is 0.905. The van der Waals surface area contributed by atoms with Crippen molar-refractivity contribution < 1.29 is 0 Å². The van der Waals surface area contributed by atoms with E-state index in [1.165, 1.54) is 4.88 Å². The second-order valence-corrected chi connectivity index (χ2v) is 5.25. The zero-order valence-electron chi connectivity index (χ0n) is 10.4. The minimum atomic E-state index is 0.0950. The molecule has 90 valence electrons. The zero-order valence-corrected chi connectivity index (χ0v) is 11.2. The Bertz CT molecular complexity index is 522. The van der Waals surface area contributed by atoms with Crippen molar-refractivity contribution in [1.82, 2.24) is 20.2 Å². The molecule has 1 N–H and O–H groups in total. The van der Waals surface area contributed by atoms with Crippen LogP contribution in [0, 0.1) is 20.8 Å². The molecule has 1 unspecified atom stereocenters. The average molecular weight is 249 g/mol. The van der Waals surface area contributed by atoms with E-state index in [-0.39, 0.29) is 6.04 Å². The third-order valence-electron chi connectivity index (χ3n) is 2.45. The molecular formula is C11H15N5S. The van der Waals surface area contributed by atoms with E-state index in [9.17, 15) is 0 Å². The standard InChI is InChI=1S/C11H15N5S/c1-6-5-12-10(17-6)9(4)14-11-13-7(2)8(3)15-16-11/h5,9H,1-4H3,(H,13,14,16). The van der Waals surface area contributed by atoms with Gasteiger partial charge in [0.1, 0.15) is 5.01 Å². The van der Waals surface area contributed by atoms with E-state index < -0.39 is 0 Å². The highest BCUT2D eigenvalue weighted by molar-refractivity contribution is 7.11. The monoisotopic (exact) mass is 249 g/mol. The van der Waals surface area contributed by atoms with Gasteiger partial charge in [-0.15, -0.1) is 16.4 Å². The fourth-order valence-corrected chi connectivity index (χ4v) is 2.12. The number of aromatic nitrogens is 4. The first-order valence-corrected chi connectivity index (χ1v) is 6.24. The van der Waals surface area contributed by atoms with Gasteiger partial charge in [-0.05, 0) is 27.7 Å². The van der Waals surface area contributed by atoms with E-state index in [4.69, 9.17) is 0 Å². The number of nitrogens with one attached hydrogen (secondary N) is 1. The van der Waals surface area contributed by atoms with Crippen molar-refractivity contribution in [2.45, 2.75) is 33.7 Å². The maximum absolute atomic E-state index is 4.34. The van der Waals surface area contributed by atoms with Gasteiger partial charge in [0.25, 0.3) is 0 Å². The van der Waals surface area contributed by atoms with Crippen molar-refractivity contribution in [2.75, 3.05) is 5.32 Å². The predicted molar refractivity (Wildman–Crippen MR) is 68.2 cm³/mol. The molecular weight excluding hydrogens is 234 g/mol. The summed E-state index contributed by atoms with van der Waals surface area (Å²) in [6.45, 7) is 7.90. The Morgan fingerprint density at radius 2 is 1.94 bits per heavy atom. The normalized spacial score (nSPS) is 12.5. The molecule has 0 fully saturated rings. The van der Waals surface area contributed by atoms with Crippen LogP contribution in [0.1, 0.15) is 34.2 Å². The number of rotatable bonds is 3. The van der Waals surface area contributed by atoms with Gasteiger partial charge < -0.3 is 5.32 Å². The van der Waals surface area contributed by atoms with Crippen molar-refractivity contribution in [3.63, 3.8) is 0 Å². The molecule has 0 radical (unpaired) electrons. The Balaban J connectivity index is 2.12. The molecule has 2 heterocycles. The lowest BCUT2D eigenvalue weighted by molar-refractivity contribution is 0.814. The van der Waals surface area contributed by atoms with Gasteiger partial charge in [0.05, 0.1) is 17.4 Å². The summed E-state index contributed by atoms with van der Waals surface area (Å²) in [5.74, 6) is 0.549. The van der Waals surface area contributed by atoms with Crippen molar-refractivity contribution in [3.8, 4) is 0 Å². The van der Waals surface area contributed by atoms with Crippen molar-refractivity contribution >= 4 is 17.3 Å². The lowest BCUT2D eigenvalue weighted by Gasteiger charge is -2.10. The number of hydrogen-bond acceptors (Lipinski definition) is 6. The van der Waals surface area contributed by atoms with Crippen LogP contribution in [0.15, 0.2) is 6.20 Å². The number of aryl methyl sites for hydroxylation is 3. The lowest BCUT2D eigenvalue weighted by atomic mass is 10.3. The number of nitrogens with zero attached hydrogens (tertiary/aromatic N) is 4. The Morgan fingerprint density at radius 1 is 1.18 bits per heavy atom. The summed E-state index contributed by atoms with van der Waals surface area (Å²) in [6, 6.07) is 0.0950. The first kappa shape index (κ1) is 11.9. The average Bonchev–Trinajstić information content (AvgIpc) is 2.70. The highest BCUT2D eigenvalue weighted by Gasteiger charge is 2.11. The fraction of sp³-hybridized carbons (Fsp3) is 0.455. The van der Waals surface area contributed by atoms with E-state index in [1.54, 1.807) is 11.3 Å². The van der Waals surface area contributed by atoms with Gasteiger partial charge in [0.15, 0.2) is 0 Å². The molecule has 2 aromatic heterocycles. The molecule has 0 amide bonds. The first-order valence-electron chi connectivity index (χ1n) is 5.43. The van der Waals surface area contributed by atoms with Crippen LogP contribution >= 0.6 is 11.3 Å². The lowest BCUT2D eigenvalue weighted by Crippen LogP contribution is -2.11. The maximum atomic E-state index is 4.34. The van der Waals surface area contributed by atoms with Crippen LogP contribution in [0.25, 0.3) is 0 Å². The van der Waals surface area contributed by atoms with Gasteiger partial charge in [-0.1, -0.05) is 0 Å². The molecule has 17 heavy (non-hydrogen) atoms. The molecule has 2 rings (SSSR count). The van der Waals surface area contributed by atoms with Crippen LogP contribution in [0.4, 0.5) is 5.95 Å². The highest BCUT2D eigenvalue weighted by atomic mass is 32.1. The number of thiazole rings is 1. The SMILES string of the molecule is Cc1cnc(C(C)Nc2nnc(C)c(C)n2)s1. The number of hydrogen-bond donors (Lipinski definition) is 1. The smallest absolute Gasteiger partial charge is 0.243 e. The Morgan fingerprint density at radius 3 is 2.53 bits per heavy atom. The molecule has 0 spiro atoms. The molecule has 2 aromatic rings. The summed E-state index contributed by atoms with van der Waals surface area (Å²) < 4.78 is 0. The molecule has 0 aliphatic heterocycles. The van der Waals surface area contributed by atoms with Gasteiger partial charge >= 0.3 is 0 Å². The summed E-state index contributed by atoms with van der Waals surface area (Å²) in [5, 5.41) is 12.3. The second-order valence-electron chi connectivity index (χ2n) is 3.98. The van der Waals surface area contributed by atoms with Crippen molar-refractivity contribution in [3.05, 3.63) is 27.5 Å². The topological polar surface area (TPSA) is 63.6 Å². The van der Waals surface area contributed by atoms with E-state index in [0.717, 1.165) is 16.4 Å². The predicted octanol–water partition coefficient (Wildman–Crippen LogP) is 2.43. The van der Waals surface area contributed by atoms with Crippen LogP contribution < -0.4 is 5.32 Å². The summed E-state index contributed by atoms with van der Waals surface area (Å²) in [6.07, 6.45) is 1.87. The molecule has 1 atom stereocenters. The van der Waals surface area contributed by atoms with Crippen LogP contribution in [-0.4, -0.2) is 20.2 Å². The summed E-state index contributed by atoms with van der Waals surface area (Å²) in [7, 11) is 0. The third-order valence-corrected chi connectivity index (χ3v) is 3.54. The Labute approximate surface area is 104 Å². The van der Waals surface area contributed by atoms with Crippen LogP contribution in [-0.2, 0) is 0 Å². The summed E-state index contributed by atoms with van der Waals surface area (Å²) >= 11 is 1.67. The van der Waals surface area contributed by atoms with Crippen LogP contribution in [0.2, 0.25) is 0 Å². The van der Waals surface area contributed by atoms with Gasteiger partial charge in [-0.25, -0.2) is 9.97 Å². The first-order chi connectivity index (χ1) is 8.06. The second kappa shape index (κ2) is 4.75. The Kier molecular flexibility index (Phi) is 3.33. The number of anilines is 1. The van der Waals surface area contributed by atoms with Gasteiger partial charge in [-0.2, -0.15) is 5.10 Å². The fourth-order valence-electron chi connectivity index (χ4n) is 1.35. The molecule has 6 heteroatoms. The van der Waals surface area contributed by atoms with Gasteiger partial charge in [0, 0.05) is 11.1 Å². The minimum absolute atomic E-state index is 0.0950. The molecule has 0 aliphatic carbocycles. The Hall–Kier alpha value is -1.56. The summed E-state index contributed by atoms with van der Waals surface area (Å²) in [5.41, 5.74) is 1.75. The van der Waals surface area contributed by atoms with E-state index in [1.807, 2.05) is 33.9 Å². The highest BCUT2D eigenvalue weighted by Crippen LogP contribution is 2.21. The van der Waals surface area contributed by atoms with Crippen molar-refractivity contribution in [1.29, 1.82) is 0 Å². The molecule has 0 saturated carbocycles. The minimum Gasteiger partial charge on any atom is -0.344 e. The largest absolute Gasteiger partial charge is 0.344 e. The van der Waals surface area contributed by atoms with Crippen molar-refractivity contribution in [2.24, 2.45) is 0 Å². The maximum Gasteiger partial charge on any atom is 0.243 e. The van der Waals surface area contributed by atoms with E-state index in [2.05, 4.69) is 25.5 Å². The van der Waals surface area contributed by atoms with Gasteiger partial charge in [0.2, 0.25) is 5.95 Å².